The van der Waals surface area contributed by atoms with Gasteiger partial charge < -0.3 is 5.11 Å². The maximum atomic E-state index is 9.50. The molecule has 0 aromatic heterocycles. The molecule has 10 heavy (non-hydrogen) atoms. The molecule has 3 atom stereocenters. The number of hydrogen-bond acceptors (Lipinski definition) is 1. The second kappa shape index (κ2) is 2.23. The molecule has 1 aliphatic carbocycles. The molecule has 1 heteroatoms. The standard InChI is InChI=1S/C9H18O/c1-5-7(10)8-6(2)9(8,3)4/h6-8,10H,5H2,1-4H3/t6?,7-,8+/m0/s1. The van der Waals surface area contributed by atoms with Crippen LogP contribution in [0.1, 0.15) is 34.1 Å². The van der Waals surface area contributed by atoms with Crippen LogP contribution < -0.4 is 0 Å². The minimum absolute atomic E-state index is 0.0648. The summed E-state index contributed by atoms with van der Waals surface area (Å²) in [6.07, 6.45) is 0.836. The maximum absolute atomic E-state index is 9.50. The van der Waals surface area contributed by atoms with Crippen molar-refractivity contribution in [3.05, 3.63) is 0 Å². The third-order valence-corrected chi connectivity index (χ3v) is 3.30. The van der Waals surface area contributed by atoms with Gasteiger partial charge in [0.15, 0.2) is 0 Å². The monoisotopic (exact) mass is 142 g/mol. The molecule has 60 valence electrons. The van der Waals surface area contributed by atoms with Gasteiger partial charge in [-0.3, -0.25) is 0 Å². The molecule has 0 aliphatic heterocycles. The lowest BCUT2D eigenvalue weighted by atomic mass is 10.0. The fraction of sp³-hybridized carbons (Fsp3) is 1.00. The zero-order valence-electron chi connectivity index (χ0n) is 7.39. The first-order valence-corrected chi connectivity index (χ1v) is 4.19. The van der Waals surface area contributed by atoms with E-state index in [1.807, 2.05) is 6.92 Å². The summed E-state index contributed by atoms with van der Waals surface area (Å²) in [6, 6.07) is 0. The molecule has 0 aromatic rings. The summed E-state index contributed by atoms with van der Waals surface area (Å²) in [6.45, 7) is 8.75. The summed E-state index contributed by atoms with van der Waals surface area (Å²) in [5.41, 5.74) is 0.398. The molecule has 1 nitrogen and oxygen atoms in total. The first-order chi connectivity index (χ1) is 4.51. The van der Waals surface area contributed by atoms with Gasteiger partial charge in [0, 0.05) is 0 Å². The fourth-order valence-corrected chi connectivity index (χ4v) is 2.02. The van der Waals surface area contributed by atoms with Crippen molar-refractivity contribution in [3.63, 3.8) is 0 Å². The lowest BCUT2D eigenvalue weighted by Crippen LogP contribution is -2.11. The third kappa shape index (κ3) is 0.968. The first kappa shape index (κ1) is 8.06. The van der Waals surface area contributed by atoms with Gasteiger partial charge in [0.05, 0.1) is 6.10 Å². The third-order valence-electron chi connectivity index (χ3n) is 3.30. The van der Waals surface area contributed by atoms with Crippen LogP contribution in [0.15, 0.2) is 0 Å². The van der Waals surface area contributed by atoms with E-state index in [1.54, 1.807) is 0 Å². The van der Waals surface area contributed by atoms with Crippen LogP contribution in [0.2, 0.25) is 0 Å². The Labute approximate surface area is 63.4 Å². The average molecular weight is 142 g/mol. The van der Waals surface area contributed by atoms with Gasteiger partial charge in [-0.1, -0.05) is 27.7 Å². The van der Waals surface area contributed by atoms with E-state index in [0.29, 0.717) is 17.3 Å². The fourth-order valence-electron chi connectivity index (χ4n) is 2.02. The van der Waals surface area contributed by atoms with Crippen LogP contribution in [0.4, 0.5) is 0 Å². The second-order valence-corrected chi connectivity index (χ2v) is 4.11. The largest absolute Gasteiger partial charge is 0.393 e. The predicted molar refractivity (Wildman–Crippen MR) is 42.7 cm³/mol. The number of aliphatic hydroxyl groups is 1. The minimum atomic E-state index is -0.0648. The van der Waals surface area contributed by atoms with Crippen LogP contribution >= 0.6 is 0 Å². The quantitative estimate of drug-likeness (QED) is 0.625. The predicted octanol–water partition coefficient (Wildman–Crippen LogP) is 2.05. The minimum Gasteiger partial charge on any atom is -0.393 e. The molecule has 1 aliphatic rings. The molecule has 1 rings (SSSR count). The lowest BCUT2D eigenvalue weighted by molar-refractivity contribution is 0.130. The Morgan fingerprint density at radius 3 is 2.00 bits per heavy atom. The normalized spacial score (nSPS) is 39.3. The molecule has 0 spiro atoms. The number of hydrogen-bond donors (Lipinski definition) is 1. The molecule has 0 bridgehead atoms. The number of aliphatic hydroxyl groups excluding tert-OH is 1. The van der Waals surface area contributed by atoms with E-state index in [-0.39, 0.29) is 6.10 Å². The van der Waals surface area contributed by atoms with Crippen molar-refractivity contribution in [2.75, 3.05) is 0 Å². The molecule has 0 saturated heterocycles. The Morgan fingerprint density at radius 2 is 1.90 bits per heavy atom. The summed E-state index contributed by atoms with van der Waals surface area (Å²) in [4.78, 5) is 0. The van der Waals surface area contributed by atoms with Gasteiger partial charge in [0.2, 0.25) is 0 Å². The summed E-state index contributed by atoms with van der Waals surface area (Å²) >= 11 is 0. The highest BCUT2D eigenvalue weighted by Gasteiger charge is 2.57. The summed E-state index contributed by atoms with van der Waals surface area (Å²) in [5, 5.41) is 9.50. The molecule has 1 saturated carbocycles. The van der Waals surface area contributed by atoms with Gasteiger partial charge in [0.25, 0.3) is 0 Å². The van der Waals surface area contributed by atoms with Crippen LogP contribution in [0.5, 0.6) is 0 Å². The number of rotatable bonds is 2. The molecule has 0 amide bonds. The summed E-state index contributed by atoms with van der Waals surface area (Å²) in [5.74, 6) is 1.26. The summed E-state index contributed by atoms with van der Waals surface area (Å²) in [7, 11) is 0. The van der Waals surface area contributed by atoms with Gasteiger partial charge in [-0.2, -0.15) is 0 Å². The van der Waals surface area contributed by atoms with Crippen LogP contribution in [-0.2, 0) is 0 Å². The van der Waals surface area contributed by atoms with Crippen molar-refractivity contribution in [2.45, 2.75) is 40.2 Å². The molecule has 1 unspecified atom stereocenters. The van der Waals surface area contributed by atoms with Crippen LogP contribution in [0.3, 0.4) is 0 Å². The Kier molecular flexibility index (Phi) is 1.80. The lowest BCUT2D eigenvalue weighted by Gasteiger charge is -2.07. The highest BCUT2D eigenvalue weighted by Crippen LogP contribution is 2.59. The van der Waals surface area contributed by atoms with Gasteiger partial charge >= 0.3 is 0 Å². The van der Waals surface area contributed by atoms with Crippen LogP contribution in [0.25, 0.3) is 0 Å². The molecular weight excluding hydrogens is 124 g/mol. The van der Waals surface area contributed by atoms with Crippen molar-refractivity contribution >= 4 is 0 Å². The van der Waals surface area contributed by atoms with Gasteiger partial charge in [0.1, 0.15) is 0 Å². The molecule has 1 fully saturated rings. The van der Waals surface area contributed by atoms with Crippen molar-refractivity contribution in [3.8, 4) is 0 Å². The second-order valence-electron chi connectivity index (χ2n) is 4.11. The van der Waals surface area contributed by atoms with E-state index in [9.17, 15) is 5.11 Å². The first-order valence-electron chi connectivity index (χ1n) is 4.19. The highest BCUT2D eigenvalue weighted by atomic mass is 16.3. The zero-order chi connectivity index (χ0) is 7.94. The molecule has 1 N–H and O–H groups in total. The average Bonchev–Trinajstić information content (AvgIpc) is 2.33. The maximum Gasteiger partial charge on any atom is 0.0573 e. The van der Waals surface area contributed by atoms with Crippen LogP contribution in [0, 0.1) is 17.3 Å². The Morgan fingerprint density at radius 1 is 1.50 bits per heavy atom. The van der Waals surface area contributed by atoms with E-state index in [1.165, 1.54) is 0 Å². The van der Waals surface area contributed by atoms with E-state index < -0.39 is 0 Å². The molecule has 0 radical (unpaired) electrons. The topological polar surface area (TPSA) is 20.2 Å². The summed E-state index contributed by atoms with van der Waals surface area (Å²) < 4.78 is 0. The van der Waals surface area contributed by atoms with Crippen molar-refractivity contribution in [1.82, 2.24) is 0 Å². The van der Waals surface area contributed by atoms with Crippen LogP contribution in [-0.4, -0.2) is 11.2 Å². The van der Waals surface area contributed by atoms with E-state index in [2.05, 4.69) is 20.8 Å². The zero-order valence-corrected chi connectivity index (χ0v) is 7.39. The smallest absolute Gasteiger partial charge is 0.0573 e. The Hall–Kier alpha value is -0.0400. The van der Waals surface area contributed by atoms with Gasteiger partial charge in [-0.05, 0) is 23.7 Å². The molecular formula is C9H18O. The SMILES string of the molecule is CC[C@H](O)[C@H]1C(C)C1(C)C. The van der Waals surface area contributed by atoms with E-state index in [0.717, 1.165) is 6.42 Å². The molecule has 0 heterocycles. The van der Waals surface area contributed by atoms with Gasteiger partial charge in [-0.15, -0.1) is 0 Å². The van der Waals surface area contributed by atoms with Crippen molar-refractivity contribution in [2.24, 2.45) is 17.3 Å². The molecule has 0 aromatic carbocycles. The highest BCUT2D eigenvalue weighted by molar-refractivity contribution is 5.05. The van der Waals surface area contributed by atoms with E-state index in [4.69, 9.17) is 0 Å². The van der Waals surface area contributed by atoms with Gasteiger partial charge in [-0.25, -0.2) is 0 Å². The Balaban J connectivity index is 2.48. The van der Waals surface area contributed by atoms with Crippen molar-refractivity contribution < 1.29 is 5.11 Å². The van der Waals surface area contributed by atoms with Crippen molar-refractivity contribution in [1.29, 1.82) is 0 Å². The Bertz CT molecular complexity index is 129. The van der Waals surface area contributed by atoms with E-state index >= 15 is 0 Å².